The summed E-state index contributed by atoms with van der Waals surface area (Å²) in [6, 6.07) is 0. The van der Waals surface area contributed by atoms with E-state index in [1.165, 1.54) is 6.08 Å². The quantitative estimate of drug-likeness (QED) is 0.283. The van der Waals surface area contributed by atoms with Gasteiger partial charge in [0.05, 0.1) is 21.1 Å². The van der Waals surface area contributed by atoms with Crippen LogP contribution in [-0.4, -0.2) is 57.4 Å². The number of carbonyl (C=O) groups is 1. The normalized spacial score (nSPS) is 13.1. The van der Waals surface area contributed by atoms with Gasteiger partial charge in [0.1, 0.15) is 13.2 Å². The maximum atomic E-state index is 11.5. The van der Waals surface area contributed by atoms with Crippen molar-refractivity contribution >= 4 is 13.9 Å². The zero-order valence-electron chi connectivity index (χ0n) is 11.7. The maximum Gasteiger partial charge on any atom is 0.243 e. The lowest BCUT2D eigenvalue weighted by molar-refractivity contribution is -0.870. The standard InChI is InChI=1S/C12H25N2O3P/c1-5-12(15)13-8-6-7-11-18(16)17-10-9-14(2,3)4/h5,18H,1,6-11H2,2-4H3/p+1. The third-order valence-electron chi connectivity index (χ3n) is 2.32. The molecule has 1 amide bonds. The summed E-state index contributed by atoms with van der Waals surface area (Å²) in [5, 5.41) is 2.68. The monoisotopic (exact) mass is 277 g/mol. The first-order chi connectivity index (χ1) is 8.35. The van der Waals surface area contributed by atoms with Crippen molar-refractivity contribution < 1.29 is 18.4 Å². The molecule has 0 aromatic carbocycles. The second kappa shape index (κ2) is 9.31. The van der Waals surface area contributed by atoms with Crippen LogP contribution >= 0.6 is 8.03 Å². The van der Waals surface area contributed by atoms with Crippen LogP contribution in [0.3, 0.4) is 0 Å². The Morgan fingerprint density at radius 2 is 2.06 bits per heavy atom. The molecule has 1 N–H and O–H groups in total. The number of nitrogens with one attached hydrogen (secondary N) is 1. The smallest absolute Gasteiger partial charge is 0.243 e. The minimum absolute atomic E-state index is 0.165. The number of quaternary nitrogens is 1. The van der Waals surface area contributed by atoms with Crippen LogP contribution in [0.4, 0.5) is 0 Å². The molecule has 18 heavy (non-hydrogen) atoms. The van der Waals surface area contributed by atoms with Gasteiger partial charge in [0.25, 0.3) is 0 Å². The predicted octanol–water partition coefficient (Wildman–Crippen LogP) is 1.27. The summed E-state index contributed by atoms with van der Waals surface area (Å²) in [5.41, 5.74) is 0. The minimum atomic E-state index is -1.91. The molecule has 0 heterocycles. The molecule has 0 bridgehead atoms. The summed E-state index contributed by atoms with van der Waals surface area (Å²) in [6.45, 7) is 5.35. The number of unbranched alkanes of at least 4 members (excludes halogenated alkanes) is 1. The third kappa shape index (κ3) is 11.8. The van der Waals surface area contributed by atoms with Gasteiger partial charge in [0, 0.05) is 12.7 Å². The van der Waals surface area contributed by atoms with Crippen molar-refractivity contribution in [3.8, 4) is 0 Å². The first-order valence-electron chi connectivity index (χ1n) is 6.21. The molecule has 0 aromatic heterocycles. The highest BCUT2D eigenvalue weighted by Crippen LogP contribution is 2.23. The number of hydrogen-bond donors (Lipinski definition) is 1. The van der Waals surface area contributed by atoms with Crippen LogP contribution in [0.15, 0.2) is 12.7 Å². The van der Waals surface area contributed by atoms with Crippen molar-refractivity contribution in [2.45, 2.75) is 12.8 Å². The molecule has 0 radical (unpaired) electrons. The van der Waals surface area contributed by atoms with Crippen molar-refractivity contribution in [2.24, 2.45) is 0 Å². The number of hydrogen-bond acceptors (Lipinski definition) is 3. The van der Waals surface area contributed by atoms with Crippen molar-refractivity contribution in [1.29, 1.82) is 0 Å². The molecule has 0 aliphatic carbocycles. The topological polar surface area (TPSA) is 55.4 Å². The highest BCUT2D eigenvalue weighted by Gasteiger charge is 2.07. The molecule has 0 spiro atoms. The zero-order valence-corrected chi connectivity index (χ0v) is 12.7. The molecular formula is C12H26N2O3P+. The number of rotatable bonds is 10. The van der Waals surface area contributed by atoms with E-state index >= 15 is 0 Å². The van der Waals surface area contributed by atoms with Gasteiger partial charge in [-0.1, -0.05) is 6.58 Å². The van der Waals surface area contributed by atoms with E-state index in [4.69, 9.17) is 4.52 Å². The summed E-state index contributed by atoms with van der Waals surface area (Å²) >= 11 is 0. The lowest BCUT2D eigenvalue weighted by Crippen LogP contribution is -2.37. The Kier molecular flexibility index (Phi) is 8.98. The summed E-state index contributed by atoms with van der Waals surface area (Å²) in [6.07, 6.45) is 3.46. The van der Waals surface area contributed by atoms with Gasteiger partial charge in [-0.25, -0.2) is 0 Å². The van der Waals surface area contributed by atoms with E-state index in [1.54, 1.807) is 0 Å². The van der Waals surface area contributed by atoms with Crippen molar-refractivity contribution in [3.05, 3.63) is 12.7 Å². The molecule has 0 aliphatic rings. The number of likely N-dealkylation sites (N-methyl/N-ethyl adjacent to an activating group) is 1. The Bertz CT molecular complexity index is 288. The maximum absolute atomic E-state index is 11.5. The molecule has 5 nitrogen and oxygen atoms in total. The average Bonchev–Trinajstić information content (AvgIpc) is 2.26. The highest BCUT2D eigenvalue weighted by atomic mass is 31.1. The Hall–Kier alpha value is -0.640. The molecule has 1 atom stereocenters. The van der Waals surface area contributed by atoms with E-state index in [9.17, 15) is 9.36 Å². The van der Waals surface area contributed by atoms with E-state index in [0.717, 1.165) is 23.9 Å². The number of nitrogens with zero attached hydrogens (tertiary/aromatic N) is 1. The first kappa shape index (κ1) is 17.4. The number of carbonyl (C=O) groups excluding carboxylic acids is 1. The molecule has 0 saturated heterocycles. The summed E-state index contributed by atoms with van der Waals surface area (Å²) < 4.78 is 17.6. The van der Waals surface area contributed by atoms with Crippen LogP contribution in [0.1, 0.15) is 12.8 Å². The molecule has 106 valence electrons. The SMILES string of the molecule is C=CC(=O)NCCCC[PH](=O)OCC[N+](C)(C)C. The van der Waals surface area contributed by atoms with Crippen LogP contribution in [0, 0.1) is 0 Å². The van der Waals surface area contributed by atoms with Crippen LogP contribution in [0.5, 0.6) is 0 Å². The van der Waals surface area contributed by atoms with E-state index < -0.39 is 8.03 Å². The van der Waals surface area contributed by atoms with Crippen LogP contribution in [0.2, 0.25) is 0 Å². The summed E-state index contributed by atoms with van der Waals surface area (Å²) in [4.78, 5) is 10.8. The van der Waals surface area contributed by atoms with Crippen molar-refractivity contribution in [2.75, 3.05) is 47.0 Å². The fraction of sp³-hybridized carbons (Fsp3) is 0.750. The van der Waals surface area contributed by atoms with Gasteiger partial charge in [-0.3, -0.25) is 9.36 Å². The summed E-state index contributed by atoms with van der Waals surface area (Å²) in [7, 11) is 4.31. The average molecular weight is 277 g/mol. The Morgan fingerprint density at radius 3 is 2.61 bits per heavy atom. The van der Waals surface area contributed by atoms with E-state index in [0.29, 0.717) is 19.3 Å². The Morgan fingerprint density at radius 1 is 1.39 bits per heavy atom. The van der Waals surface area contributed by atoms with Gasteiger partial charge in [-0.05, 0) is 18.9 Å². The molecule has 0 rings (SSSR count). The fourth-order valence-electron chi connectivity index (χ4n) is 1.18. The van der Waals surface area contributed by atoms with Gasteiger partial charge in [0.15, 0.2) is 8.03 Å². The van der Waals surface area contributed by atoms with E-state index in [-0.39, 0.29) is 5.91 Å². The minimum Gasteiger partial charge on any atom is -0.353 e. The molecule has 0 aromatic rings. The summed E-state index contributed by atoms with van der Waals surface area (Å²) in [5.74, 6) is -0.165. The van der Waals surface area contributed by atoms with Crippen molar-refractivity contribution in [3.63, 3.8) is 0 Å². The van der Waals surface area contributed by atoms with E-state index in [1.807, 2.05) is 0 Å². The zero-order chi connectivity index (χ0) is 14.0. The fourth-order valence-corrected chi connectivity index (χ4v) is 2.19. The number of amides is 1. The van der Waals surface area contributed by atoms with Gasteiger partial charge in [-0.2, -0.15) is 0 Å². The van der Waals surface area contributed by atoms with E-state index in [2.05, 4.69) is 33.0 Å². The molecule has 1 unspecified atom stereocenters. The Balaban J connectivity index is 3.43. The predicted molar refractivity (Wildman–Crippen MR) is 75.2 cm³/mol. The lowest BCUT2D eigenvalue weighted by Gasteiger charge is -2.23. The third-order valence-corrected chi connectivity index (χ3v) is 3.61. The molecule has 6 heteroatoms. The molecule has 0 aliphatic heterocycles. The second-order valence-corrected chi connectivity index (χ2v) is 6.72. The van der Waals surface area contributed by atoms with Gasteiger partial charge in [-0.15, -0.1) is 0 Å². The van der Waals surface area contributed by atoms with Crippen LogP contribution in [-0.2, 0) is 13.9 Å². The van der Waals surface area contributed by atoms with Crippen LogP contribution < -0.4 is 5.32 Å². The second-order valence-electron chi connectivity index (χ2n) is 5.19. The molecule has 0 saturated carbocycles. The Labute approximate surface area is 111 Å². The van der Waals surface area contributed by atoms with Gasteiger partial charge >= 0.3 is 0 Å². The molecule has 0 fully saturated rings. The largest absolute Gasteiger partial charge is 0.353 e. The van der Waals surface area contributed by atoms with Crippen molar-refractivity contribution in [1.82, 2.24) is 5.32 Å². The lowest BCUT2D eigenvalue weighted by atomic mass is 10.3. The van der Waals surface area contributed by atoms with Crippen LogP contribution in [0.25, 0.3) is 0 Å². The molecular weight excluding hydrogens is 251 g/mol. The van der Waals surface area contributed by atoms with Gasteiger partial charge < -0.3 is 14.3 Å². The highest BCUT2D eigenvalue weighted by molar-refractivity contribution is 7.39. The van der Waals surface area contributed by atoms with Gasteiger partial charge in [0.2, 0.25) is 5.91 Å². The first-order valence-corrected chi connectivity index (χ1v) is 7.74.